The highest BCUT2D eigenvalue weighted by Crippen LogP contribution is 2.33. The molecule has 0 spiro atoms. The number of aliphatic carboxylic acids is 3. The van der Waals surface area contributed by atoms with E-state index < -0.39 is 26.0 Å². The largest absolute Gasteiger partial charge is 0.481 e. The lowest BCUT2D eigenvalue weighted by atomic mass is 10.5. The summed E-state index contributed by atoms with van der Waals surface area (Å²) in [6.07, 6.45) is 4.03. The van der Waals surface area contributed by atoms with Gasteiger partial charge in [0.1, 0.15) is 0 Å². The van der Waals surface area contributed by atoms with Gasteiger partial charge in [0, 0.05) is 13.2 Å². The zero-order chi connectivity index (χ0) is 23.4. The summed E-state index contributed by atoms with van der Waals surface area (Å²) in [5.74, 6) is 0.586. The van der Waals surface area contributed by atoms with Crippen molar-refractivity contribution in [2.75, 3.05) is 47.7 Å². The summed E-state index contributed by atoms with van der Waals surface area (Å²) in [6.45, 7) is 3.45. The van der Waals surface area contributed by atoms with Gasteiger partial charge in [-0.25, -0.2) is 0 Å². The Balaban J connectivity index is 4.84. The van der Waals surface area contributed by atoms with Crippen molar-refractivity contribution in [3.8, 4) is 0 Å². The van der Waals surface area contributed by atoms with E-state index in [4.69, 9.17) is 20.1 Å². The standard InChI is InChI=1S/C20H38O7S3Si/c1-2-27-7-3-11-31(12-4-8-28-15-18(21)22,13-5-9-29-16-19(23)24)14-6-10-30-17-20(25)26/h2-17H2,1H3,(H,21,22)(H,23,24)(H,25,26). The van der Waals surface area contributed by atoms with Gasteiger partial charge in [-0.1, -0.05) is 24.2 Å². The normalized spacial score (nSPS) is 11.5. The summed E-state index contributed by atoms with van der Waals surface area (Å²) in [4.78, 5) is 32.2. The van der Waals surface area contributed by atoms with Gasteiger partial charge in [-0.3, -0.25) is 14.4 Å². The van der Waals surface area contributed by atoms with Gasteiger partial charge in [-0.2, -0.15) is 35.3 Å². The summed E-state index contributed by atoms with van der Waals surface area (Å²) in [6, 6.07) is 4.57. The molecule has 0 aliphatic rings. The average Bonchev–Trinajstić information content (AvgIpc) is 2.69. The van der Waals surface area contributed by atoms with E-state index in [0.29, 0.717) is 6.61 Å². The molecule has 11 heteroatoms. The molecule has 3 N–H and O–H groups in total. The second-order valence-corrected chi connectivity index (χ2v) is 15.8. The molecule has 7 nitrogen and oxygen atoms in total. The smallest absolute Gasteiger partial charge is 0.313 e. The van der Waals surface area contributed by atoms with Crippen LogP contribution >= 0.6 is 35.3 Å². The molecule has 0 aromatic carbocycles. The van der Waals surface area contributed by atoms with Crippen molar-refractivity contribution in [3.05, 3.63) is 0 Å². The van der Waals surface area contributed by atoms with Crippen LogP contribution in [0.15, 0.2) is 0 Å². The molecule has 0 atom stereocenters. The van der Waals surface area contributed by atoms with E-state index >= 15 is 0 Å². The fourth-order valence-corrected chi connectivity index (χ4v) is 11.5. The van der Waals surface area contributed by atoms with Gasteiger partial charge < -0.3 is 20.1 Å². The van der Waals surface area contributed by atoms with Crippen molar-refractivity contribution in [1.82, 2.24) is 0 Å². The zero-order valence-electron chi connectivity index (χ0n) is 18.5. The van der Waals surface area contributed by atoms with Crippen LogP contribution in [0.4, 0.5) is 0 Å². The molecule has 0 aliphatic carbocycles. The lowest BCUT2D eigenvalue weighted by molar-refractivity contribution is -0.134. The maximum atomic E-state index is 10.7. The van der Waals surface area contributed by atoms with Crippen LogP contribution < -0.4 is 0 Å². The van der Waals surface area contributed by atoms with Crippen LogP contribution in [0.1, 0.15) is 32.6 Å². The molecule has 0 radical (unpaired) electrons. The maximum Gasteiger partial charge on any atom is 0.313 e. The lowest BCUT2D eigenvalue weighted by Crippen LogP contribution is -2.35. The summed E-state index contributed by atoms with van der Waals surface area (Å²) >= 11 is 4.39. The Labute approximate surface area is 199 Å². The van der Waals surface area contributed by atoms with Gasteiger partial charge in [0.05, 0.1) is 25.3 Å². The first-order chi connectivity index (χ1) is 14.8. The monoisotopic (exact) mass is 514 g/mol. The highest BCUT2D eigenvalue weighted by atomic mass is 32.2. The van der Waals surface area contributed by atoms with Crippen LogP contribution in [0.3, 0.4) is 0 Å². The van der Waals surface area contributed by atoms with Crippen molar-refractivity contribution in [2.24, 2.45) is 0 Å². The highest BCUT2D eigenvalue weighted by molar-refractivity contribution is 8.00. The summed E-state index contributed by atoms with van der Waals surface area (Å²) in [7, 11) is -1.64. The van der Waals surface area contributed by atoms with Gasteiger partial charge in [-0.15, -0.1) is 0 Å². The van der Waals surface area contributed by atoms with E-state index in [2.05, 4.69) is 0 Å². The third kappa shape index (κ3) is 20.0. The quantitative estimate of drug-likeness (QED) is 0.133. The number of hydrogen-bond donors (Lipinski definition) is 3. The van der Waals surface area contributed by atoms with E-state index in [1.54, 1.807) is 0 Å². The second kappa shape index (κ2) is 20.3. The first-order valence-corrected chi connectivity index (χ1v) is 17.1. The second-order valence-electron chi connectivity index (χ2n) is 7.45. The minimum Gasteiger partial charge on any atom is -0.481 e. The molecule has 31 heavy (non-hydrogen) atoms. The molecular formula is C20H38O7S3Si. The van der Waals surface area contributed by atoms with Crippen LogP contribution in [-0.4, -0.2) is 89.0 Å². The number of thioether (sulfide) groups is 3. The van der Waals surface area contributed by atoms with E-state index in [-0.39, 0.29) is 17.3 Å². The molecule has 0 fully saturated rings. The van der Waals surface area contributed by atoms with Crippen molar-refractivity contribution in [2.45, 2.75) is 56.8 Å². The number of rotatable bonds is 23. The summed E-state index contributed by atoms with van der Waals surface area (Å²) in [5, 5.41) is 26.5. The molecule has 0 heterocycles. The SMILES string of the molecule is CCOCCC[Si](CCCSCC(=O)O)(CCCSCC(=O)O)CCCSCC(=O)O. The van der Waals surface area contributed by atoms with Gasteiger partial charge in [-0.05, 0) is 49.9 Å². The van der Waals surface area contributed by atoms with Crippen molar-refractivity contribution >= 4 is 61.3 Å². The van der Waals surface area contributed by atoms with Gasteiger partial charge in [0.2, 0.25) is 0 Å². The first kappa shape index (κ1) is 30.6. The highest BCUT2D eigenvalue weighted by Gasteiger charge is 2.31. The molecule has 0 saturated carbocycles. The van der Waals surface area contributed by atoms with Crippen LogP contribution in [-0.2, 0) is 19.1 Å². The average molecular weight is 515 g/mol. The zero-order valence-corrected chi connectivity index (χ0v) is 22.0. The Morgan fingerprint density at radius 2 is 1.03 bits per heavy atom. The van der Waals surface area contributed by atoms with Crippen molar-refractivity contribution in [1.29, 1.82) is 0 Å². The van der Waals surface area contributed by atoms with Crippen LogP contribution in [0.25, 0.3) is 0 Å². The minimum atomic E-state index is -1.64. The minimum absolute atomic E-state index is 0.135. The number of carboxylic acid groups (broad SMARTS) is 3. The maximum absolute atomic E-state index is 10.7. The van der Waals surface area contributed by atoms with Crippen molar-refractivity contribution < 1.29 is 34.4 Å². The Kier molecular flexibility index (Phi) is 20.0. The van der Waals surface area contributed by atoms with Crippen LogP contribution in [0.5, 0.6) is 0 Å². The summed E-state index contributed by atoms with van der Waals surface area (Å²) < 4.78 is 5.55. The molecule has 0 bridgehead atoms. The van der Waals surface area contributed by atoms with Gasteiger partial charge in [0.15, 0.2) is 0 Å². The molecule has 0 rings (SSSR count). The summed E-state index contributed by atoms with van der Waals surface area (Å²) in [5.41, 5.74) is 0. The van der Waals surface area contributed by atoms with E-state index in [0.717, 1.165) is 73.7 Å². The predicted molar refractivity (Wildman–Crippen MR) is 135 cm³/mol. The van der Waals surface area contributed by atoms with Gasteiger partial charge >= 0.3 is 17.9 Å². The third-order valence-electron chi connectivity index (χ3n) is 4.86. The van der Waals surface area contributed by atoms with E-state index in [9.17, 15) is 14.4 Å². The van der Waals surface area contributed by atoms with Crippen LogP contribution in [0.2, 0.25) is 24.2 Å². The van der Waals surface area contributed by atoms with Crippen molar-refractivity contribution in [3.63, 3.8) is 0 Å². The lowest BCUT2D eigenvalue weighted by Gasteiger charge is -2.32. The number of carboxylic acids is 3. The fourth-order valence-electron chi connectivity index (χ4n) is 3.57. The van der Waals surface area contributed by atoms with E-state index in [1.807, 2.05) is 6.92 Å². The Bertz CT molecular complexity index is 449. The molecule has 0 saturated heterocycles. The third-order valence-corrected chi connectivity index (χ3v) is 13.6. The Morgan fingerprint density at radius 3 is 1.35 bits per heavy atom. The Morgan fingerprint density at radius 1 is 0.677 bits per heavy atom. The van der Waals surface area contributed by atoms with E-state index in [1.165, 1.54) is 35.3 Å². The number of ether oxygens (including phenoxy) is 1. The molecule has 0 aliphatic heterocycles. The van der Waals surface area contributed by atoms with Crippen LogP contribution in [0, 0.1) is 0 Å². The first-order valence-electron chi connectivity index (χ1n) is 10.8. The number of hydrogen-bond acceptors (Lipinski definition) is 7. The number of carbonyl (C=O) groups is 3. The fraction of sp³-hybridized carbons (Fsp3) is 0.850. The Hall–Kier alpha value is -0.363. The molecule has 0 unspecified atom stereocenters. The topological polar surface area (TPSA) is 121 Å². The molecule has 0 aromatic heterocycles. The molecule has 0 amide bonds. The predicted octanol–water partition coefficient (Wildman–Crippen LogP) is 4.49. The molecular weight excluding hydrogens is 477 g/mol. The molecule has 182 valence electrons. The van der Waals surface area contributed by atoms with Gasteiger partial charge in [0.25, 0.3) is 0 Å². The molecule has 0 aromatic rings.